The Morgan fingerprint density at radius 1 is 1.17 bits per heavy atom. The second-order valence-electron chi connectivity index (χ2n) is 5.46. The van der Waals surface area contributed by atoms with E-state index in [0.717, 1.165) is 17.6 Å². The number of phosphoric acid groups is 2. The summed E-state index contributed by atoms with van der Waals surface area (Å²) >= 11 is 0. The van der Waals surface area contributed by atoms with E-state index in [4.69, 9.17) is 4.74 Å². The van der Waals surface area contributed by atoms with E-state index in [9.17, 15) is 38.8 Å². The van der Waals surface area contributed by atoms with Crippen molar-refractivity contribution in [2.45, 2.75) is 30.6 Å². The zero-order valence-corrected chi connectivity index (χ0v) is 23.8. The van der Waals surface area contributed by atoms with Crippen LogP contribution in [0.3, 0.4) is 0 Å². The average molecular weight is 494 g/mol. The maximum absolute atomic E-state index is 11.6. The molecule has 3 heterocycles. The van der Waals surface area contributed by atoms with E-state index >= 15 is 0 Å². The van der Waals surface area contributed by atoms with Gasteiger partial charge in [0.05, 0.1) is 20.8 Å². The van der Waals surface area contributed by atoms with E-state index < -0.39 is 58.7 Å². The van der Waals surface area contributed by atoms with Gasteiger partial charge in [-0.05, 0) is 0 Å². The van der Waals surface area contributed by atoms with Crippen LogP contribution >= 0.6 is 15.6 Å². The van der Waals surface area contributed by atoms with Crippen LogP contribution in [-0.4, -0.2) is 76.7 Å². The summed E-state index contributed by atoms with van der Waals surface area (Å²) in [4.78, 5) is 55.9. The van der Waals surface area contributed by atoms with Crippen molar-refractivity contribution >= 4 is 40.1 Å². The third kappa shape index (κ3) is 7.57. The van der Waals surface area contributed by atoms with Gasteiger partial charge in [-0.2, -0.15) is 4.99 Å². The van der Waals surface area contributed by atoms with Gasteiger partial charge in [0.1, 0.15) is 30.5 Å². The van der Waals surface area contributed by atoms with Crippen molar-refractivity contribution < 1.29 is 141 Å². The second kappa shape index (κ2) is 12.4. The molecule has 3 rings (SSSR count). The summed E-state index contributed by atoms with van der Waals surface area (Å²) in [7, 11) is -11.4. The van der Waals surface area contributed by atoms with Gasteiger partial charge >= 0.3 is 88.7 Å². The maximum atomic E-state index is 11.6. The molecule has 1 amide bonds. The fourth-order valence-electron chi connectivity index (χ4n) is 2.54. The number of carbonyl (C=O) groups excluding carboxylic acids is 1. The Morgan fingerprint density at radius 3 is 2.40 bits per heavy atom. The number of fused-ring (bicyclic) bond motifs is 1. The molecule has 0 aromatic carbocycles. The molecule has 1 saturated heterocycles. The van der Waals surface area contributed by atoms with Crippen LogP contribution in [0.2, 0.25) is 0 Å². The predicted octanol–water partition coefficient (Wildman–Crippen LogP) is -13.5. The van der Waals surface area contributed by atoms with Gasteiger partial charge in [0, 0.05) is 0 Å². The van der Waals surface area contributed by atoms with Crippen LogP contribution in [0, 0.1) is 0 Å². The molecule has 0 aliphatic carbocycles. The molecular weight excluding hydrogens is 483 g/mol. The number of amides is 1. The minimum Gasteiger partial charge on any atom is -0.790 e. The Morgan fingerprint density at radius 2 is 1.80 bits per heavy atom. The van der Waals surface area contributed by atoms with Gasteiger partial charge in [0.15, 0.2) is 12.3 Å². The Hall–Kier alpha value is 1.62. The van der Waals surface area contributed by atoms with Crippen molar-refractivity contribution in [3.05, 3.63) is 0 Å². The maximum Gasteiger partial charge on any atom is 1.00 e. The fourth-order valence-corrected chi connectivity index (χ4v) is 4.03. The molecule has 0 radical (unpaired) electrons. The first-order valence-electron chi connectivity index (χ1n) is 7.15. The molecule has 1 fully saturated rings. The number of aliphatic imine (C=N–C) groups is 3. The summed E-state index contributed by atoms with van der Waals surface area (Å²) in [5.74, 6) is -0.528. The number of nitrogens with zero attached hydrogens (tertiary/aromatic N) is 4. The normalized spacial score (nSPS) is 31.8. The molecule has 15 nitrogen and oxygen atoms in total. The molecular formula is C10H11N4Na3O11P2. The van der Waals surface area contributed by atoms with E-state index in [1.807, 2.05) is 0 Å². The molecule has 0 saturated carbocycles. The molecule has 3 aliphatic heterocycles. The Bertz CT molecular complexity index is 823. The molecule has 3 aliphatic rings. The number of hydrogen-bond acceptors (Lipinski definition) is 14. The molecule has 0 aromatic heterocycles. The van der Waals surface area contributed by atoms with Gasteiger partial charge in [0.25, 0.3) is 13.7 Å². The quantitative estimate of drug-likeness (QED) is 0.259. The summed E-state index contributed by atoms with van der Waals surface area (Å²) < 4.78 is 34.4. The average Bonchev–Trinajstić information content (AvgIpc) is 3.07. The monoisotopic (exact) mass is 494 g/mol. The van der Waals surface area contributed by atoms with E-state index in [0.29, 0.717) is 0 Å². The first-order valence-corrected chi connectivity index (χ1v) is 10.1. The third-order valence-electron chi connectivity index (χ3n) is 3.67. The van der Waals surface area contributed by atoms with Crippen molar-refractivity contribution in [1.82, 2.24) is 4.90 Å². The van der Waals surface area contributed by atoms with Crippen LogP contribution in [-0.2, 0) is 27.5 Å². The van der Waals surface area contributed by atoms with Crippen LogP contribution in [0.4, 0.5) is 0 Å². The van der Waals surface area contributed by atoms with Crippen LogP contribution < -0.4 is 103 Å². The van der Waals surface area contributed by atoms with E-state index in [2.05, 4.69) is 23.8 Å². The zero-order chi connectivity index (χ0) is 20.0. The summed E-state index contributed by atoms with van der Waals surface area (Å²) in [6.45, 7) is -0.962. The van der Waals surface area contributed by atoms with Gasteiger partial charge in [-0.1, -0.05) is 0 Å². The van der Waals surface area contributed by atoms with Crippen LogP contribution in [0.15, 0.2) is 15.0 Å². The number of carbonyl (C=O) groups is 1. The molecule has 0 bridgehead atoms. The van der Waals surface area contributed by atoms with E-state index in [-0.39, 0.29) is 94.5 Å². The molecule has 0 spiro atoms. The van der Waals surface area contributed by atoms with E-state index in [1.165, 1.54) is 0 Å². The number of rotatable bonds is 6. The number of aliphatic hydroxyl groups excluding tert-OH is 2. The topological polar surface area (TPSA) is 229 Å². The molecule has 30 heavy (non-hydrogen) atoms. The third-order valence-corrected chi connectivity index (χ3v) is 5.73. The molecule has 6 unspecified atom stereocenters. The number of ether oxygens (including phenoxy) is 1. The Kier molecular flexibility index (Phi) is 13.0. The number of aliphatic hydroxyl groups is 2. The van der Waals surface area contributed by atoms with Crippen LogP contribution in [0.1, 0.15) is 0 Å². The predicted molar refractivity (Wildman–Crippen MR) is 78.0 cm³/mol. The van der Waals surface area contributed by atoms with Gasteiger partial charge in [-0.3, -0.25) is 23.6 Å². The van der Waals surface area contributed by atoms with Crippen molar-refractivity contribution in [3.8, 4) is 0 Å². The molecule has 20 heteroatoms. The smallest absolute Gasteiger partial charge is 0.790 e. The Balaban J connectivity index is 0.00000280. The Labute approximate surface area is 235 Å². The second-order valence-corrected chi connectivity index (χ2v) is 8.16. The van der Waals surface area contributed by atoms with Crippen molar-refractivity contribution in [3.63, 3.8) is 0 Å². The van der Waals surface area contributed by atoms with Gasteiger partial charge in [-0.25, -0.2) is 4.99 Å². The van der Waals surface area contributed by atoms with Crippen molar-refractivity contribution in [1.29, 1.82) is 0 Å². The van der Waals surface area contributed by atoms with Gasteiger partial charge in [-0.15, -0.1) is 0 Å². The molecule has 150 valence electrons. The summed E-state index contributed by atoms with van der Waals surface area (Å²) in [5, 5.41) is 20.1. The van der Waals surface area contributed by atoms with Gasteiger partial charge < -0.3 is 38.7 Å². The SMILES string of the molecule is O=C1N=CN=C2C1N=CN2C1OC(COP(=O)([O-])OP(=O)([O-])[O-])C(O)C1O.[Na+].[Na+].[Na+]. The van der Waals surface area contributed by atoms with Gasteiger partial charge in [0.2, 0.25) is 0 Å². The molecule has 2 N–H and O–H groups in total. The number of hydrogen-bond donors (Lipinski definition) is 2. The first kappa shape index (κ1) is 31.6. The van der Waals surface area contributed by atoms with Crippen LogP contribution in [0.25, 0.3) is 0 Å². The summed E-state index contributed by atoms with van der Waals surface area (Å²) in [5.41, 5.74) is 0. The van der Waals surface area contributed by atoms with Crippen molar-refractivity contribution in [2.75, 3.05) is 6.61 Å². The van der Waals surface area contributed by atoms with E-state index in [1.54, 1.807) is 0 Å². The summed E-state index contributed by atoms with van der Waals surface area (Å²) in [6, 6.07) is -1.03. The number of amidine groups is 1. The molecule has 0 aromatic rings. The largest absolute Gasteiger partial charge is 1.00 e. The fraction of sp³-hybridized carbons (Fsp3) is 0.600. The minimum atomic E-state index is -5.87. The summed E-state index contributed by atoms with van der Waals surface area (Å²) in [6.07, 6.45) is -3.91. The minimum absolute atomic E-state index is 0. The first-order chi connectivity index (χ1) is 12.5. The number of phosphoric ester groups is 1. The standard InChI is InChI=1S/C10H14N4O11P2.3Na/c15-6-4(1-23-27(21,22)25-26(18,19)20)24-10(7(6)16)14-3-13-5-8(14)11-2-12-9(5)17;;;/h2-7,10,15-16H,1H2,(H,21,22)(H2,18,19,20);;;/q;3*+1/p-3. The van der Waals surface area contributed by atoms with Crippen LogP contribution in [0.5, 0.6) is 0 Å². The molecule has 6 atom stereocenters. The van der Waals surface area contributed by atoms with Crippen molar-refractivity contribution in [2.24, 2.45) is 15.0 Å². The zero-order valence-electron chi connectivity index (χ0n) is 16.0.